The van der Waals surface area contributed by atoms with E-state index in [2.05, 4.69) is 20.9 Å². The summed E-state index contributed by atoms with van der Waals surface area (Å²) in [6, 6.07) is 14.8. The second-order valence-electron chi connectivity index (χ2n) is 9.18. The smallest absolute Gasteiger partial charge is 0.426 e. The molecule has 36 heavy (non-hydrogen) atoms. The van der Waals surface area contributed by atoms with E-state index in [1.807, 2.05) is 45.0 Å². The van der Waals surface area contributed by atoms with Crippen LogP contribution in [0.25, 0.3) is 10.8 Å². The lowest BCUT2D eigenvalue weighted by Crippen LogP contribution is -2.57. The maximum absolute atomic E-state index is 13.1. The lowest BCUT2D eigenvalue weighted by Gasteiger charge is -2.24. The fraction of sp³-hybridized carbons (Fsp3) is 0.308. The van der Waals surface area contributed by atoms with E-state index in [-0.39, 0.29) is 18.2 Å². The van der Waals surface area contributed by atoms with Gasteiger partial charge in [0.15, 0.2) is 0 Å². The molecule has 3 amide bonds. The Morgan fingerprint density at radius 3 is 2.25 bits per heavy atom. The van der Waals surface area contributed by atoms with Gasteiger partial charge in [-0.1, -0.05) is 55.8 Å². The normalized spacial score (nSPS) is 12.6. The van der Waals surface area contributed by atoms with Crippen molar-refractivity contribution in [2.75, 3.05) is 6.54 Å². The molecular weight excluding hydrogens is 459 g/mol. The Morgan fingerprint density at radius 1 is 0.944 bits per heavy atom. The summed E-state index contributed by atoms with van der Waals surface area (Å²) in [5.74, 6) is -2.54. The van der Waals surface area contributed by atoms with Crippen molar-refractivity contribution < 1.29 is 24.4 Å². The molecule has 0 fully saturated rings. The Bertz CT molecular complexity index is 1220. The molecule has 0 aliphatic heterocycles. The first-order valence-corrected chi connectivity index (χ1v) is 11.8. The van der Waals surface area contributed by atoms with Crippen LogP contribution in [0.3, 0.4) is 0 Å². The van der Waals surface area contributed by atoms with Crippen molar-refractivity contribution in [3.63, 3.8) is 0 Å². The predicted octanol–water partition coefficient (Wildman–Crippen LogP) is 1.61. The zero-order valence-electron chi connectivity index (χ0n) is 20.6. The molecule has 0 saturated carbocycles. The van der Waals surface area contributed by atoms with E-state index >= 15 is 0 Å². The Labute approximate surface area is 210 Å². The summed E-state index contributed by atoms with van der Waals surface area (Å²) in [6.07, 6.45) is 1.88. The van der Waals surface area contributed by atoms with Crippen LogP contribution in [0.2, 0.25) is 0 Å². The van der Waals surface area contributed by atoms with E-state index in [0.717, 1.165) is 16.3 Å². The fourth-order valence-corrected chi connectivity index (χ4v) is 3.70. The molecule has 2 atom stereocenters. The molecule has 0 spiro atoms. The molecule has 1 heterocycles. The highest BCUT2D eigenvalue weighted by atomic mass is 16.4. The van der Waals surface area contributed by atoms with E-state index in [4.69, 9.17) is 0 Å². The molecule has 3 aromatic rings. The first-order chi connectivity index (χ1) is 17.1. The van der Waals surface area contributed by atoms with Gasteiger partial charge in [-0.3, -0.25) is 19.4 Å². The van der Waals surface area contributed by atoms with Crippen molar-refractivity contribution in [1.29, 1.82) is 0 Å². The van der Waals surface area contributed by atoms with Gasteiger partial charge >= 0.3 is 7.12 Å². The summed E-state index contributed by atoms with van der Waals surface area (Å²) in [5, 5.41) is 29.0. The van der Waals surface area contributed by atoms with Crippen LogP contribution in [-0.2, 0) is 4.79 Å². The average molecular weight is 490 g/mol. The van der Waals surface area contributed by atoms with Gasteiger partial charge in [0.1, 0.15) is 11.7 Å². The third-order valence-corrected chi connectivity index (χ3v) is 5.68. The zero-order valence-corrected chi connectivity index (χ0v) is 20.6. The van der Waals surface area contributed by atoms with Gasteiger partial charge in [-0.15, -0.1) is 0 Å². The number of carbonyl (C=O) groups is 3. The minimum atomic E-state index is -1.78. The quantitative estimate of drug-likeness (QED) is 0.274. The third kappa shape index (κ3) is 7.37. The Hall–Kier alpha value is -3.76. The highest BCUT2D eigenvalue weighted by Crippen LogP contribution is 2.13. The number of fused-ring (bicyclic) bond motifs is 1. The van der Waals surface area contributed by atoms with E-state index in [1.54, 1.807) is 36.5 Å². The van der Waals surface area contributed by atoms with Crippen molar-refractivity contribution in [2.24, 2.45) is 5.92 Å². The van der Waals surface area contributed by atoms with Gasteiger partial charge in [-0.2, -0.15) is 0 Å². The number of amides is 3. The molecule has 0 aliphatic rings. The molecule has 0 radical (unpaired) electrons. The first kappa shape index (κ1) is 26.8. The van der Waals surface area contributed by atoms with Crippen LogP contribution in [-0.4, -0.2) is 58.4 Å². The number of benzene rings is 2. The number of rotatable bonds is 10. The standard InChI is InChI=1S/C26H31BN4O5/c1-16(2)12-23(27(35)36)31-26(34)22(15-29-24(32)18-10-8-17(3)9-11-18)30-25(33)21-13-19-6-4-5-7-20(19)14-28-21/h4-11,13-14,16,22-23,35-36H,12,15H2,1-3H3,(H,29,32)(H,30,33)(H,31,34)/t22-,23-/m0/s1. The Balaban J connectivity index is 1.78. The van der Waals surface area contributed by atoms with Gasteiger partial charge in [0.2, 0.25) is 5.91 Å². The predicted molar refractivity (Wildman–Crippen MR) is 138 cm³/mol. The molecule has 10 heteroatoms. The third-order valence-electron chi connectivity index (χ3n) is 5.68. The number of nitrogens with one attached hydrogen (secondary N) is 3. The van der Waals surface area contributed by atoms with Crippen LogP contribution in [0.1, 0.15) is 46.7 Å². The molecule has 1 aromatic heterocycles. The molecule has 9 nitrogen and oxygen atoms in total. The maximum Gasteiger partial charge on any atom is 0.475 e. The molecule has 0 aliphatic carbocycles. The molecule has 0 bridgehead atoms. The minimum Gasteiger partial charge on any atom is -0.426 e. The van der Waals surface area contributed by atoms with Gasteiger partial charge in [0.05, 0.1) is 5.94 Å². The molecule has 0 saturated heterocycles. The number of aromatic nitrogens is 1. The lowest BCUT2D eigenvalue weighted by molar-refractivity contribution is -0.123. The van der Waals surface area contributed by atoms with E-state index < -0.39 is 36.8 Å². The molecule has 2 aromatic carbocycles. The van der Waals surface area contributed by atoms with Crippen molar-refractivity contribution in [2.45, 2.75) is 39.2 Å². The summed E-state index contributed by atoms with van der Waals surface area (Å²) in [7, 11) is -1.78. The Morgan fingerprint density at radius 2 is 1.61 bits per heavy atom. The van der Waals surface area contributed by atoms with Crippen molar-refractivity contribution >= 4 is 35.6 Å². The maximum atomic E-state index is 13.1. The van der Waals surface area contributed by atoms with E-state index in [9.17, 15) is 24.4 Å². The average Bonchev–Trinajstić information content (AvgIpc) is 2.85. The fourth-order valence-electron chi connectivity index (χ4n) is 3.70. The van der Waals surface area contributed by atoms with Crippen molar-refractivity contribution in [1.82, 2.24) is 20.9 Å². The van der Waals surface area contributed by atoms with Crippen LogP contribution in [0, 0.1) is 12.8 Å². The van der Waals surface area contributed by atoms with E-state index in [0.29, 0.717) is 12.0 Å². The SMILES string of the molecule is Cc1ccc(C(=O)NC[C@H](NC(=O)c2cc3ccccc3cn2)C(=O)N[C@@H](CC(C)C)B(O)O)cc1. The number of hydrogen-bond acceptors (Lipinski definition) is 6. The first-order valence-electron chi connectivity index (χ1n) is 11.8. The van der Waals surface area contributed by atoms with Crippen LogP contribution in [0.5, 0.6) is 0 Å². The molecule has 5 N–H and O–H groups in total. The Kier molecular flexibility index (Phi) is 9.16. The number of nitrogens with zero attached hydrogens (tertiary/aromatic N) is 1. The number of pyridine rings is 1. The summed E-state index contributed by atoms with van der Waals surface area (Å²) in [5.41, 5.74) is 1.51. The van der Waals surface area contributed by atoms with Crippen LogP contribution < -0.4 is 16.0 Å². The molecule has 188 valence electrons. The molecular formula is C26H31BN4O5. The van der Waals surface area contributed by atoms with E-state index in [1.165, 1.54) is 0 Å². The second kappa shape index (κ2) is 12.3. The minimum absolute atomic E-state index is 0.0770. The summed E-state index contributed by atoms with van der Waals surface area (Å²) >= 11 is 0. The van der Waals surface area contributed by atoms with Crippen LogP contribution >= 0.6 is 0 Å². The van der Waals surface area contributed by atoms with Crippen LogP contribution in [0.15, 0.2) is 60.8 Å². The van der Waals surface area contributed by atoms with Crippen molar-refractivity contribution in [3.05, 3.63) is 77.6 Å². The number of hydrogen-bond donors (Lipinski definition) is 5. The van der Waals surface area contributed by atoms with Gasteiger partial charge < -0.3 is 26.0 Å². The summed E-state index contributed by atoms with van der Waals surface area (Å²) in [4.78, 5) is 42.9. The monoisotopic (exact) mass is 490 g/mol. The topological polar surface area (TPSA) is 141 Å². The zero-order chi connectivity index (χ0) is 26.2. The highest BCUT2D eigenvalue weighted by molar-refractivity contribution is 6.43. The summed E-state index contributed by atoms with van der Waals surface area (Å²) in [6.45, 7) is 5.46. The molecule has 0 unspecified atom stereocenters. The highest BCUT2D eigenvalue weighted by Gasteiger charge is 2.30. The van der Waals surface area contributed by atoms with Gasteiger partial charge in [-0.25, -0.2) is 0 Å². The van der Waals surface area contributed by atoms with Gasteiger partial charge in [0, 0.05) is 23.7 Å². The number of aryl methyl sites for hydroxylation is 1. The van der Waals surface area contributed by atoms with Crippen molar-refractivity contribution in [3.8, 4) is 0 Å². The molecule has 3 rings (SSSR count). The number of carbonyl (C=O) groups excluding carboxylic acids is 3. The summed E-state index contributed by atoms with van der Waals surface area (Å²) < 4.78 is 0. The van der Waals surface area contributed by atoms with Gasteiger partial charge in [-0.05, 0) is 42.8 Å². The van der Waals surface area contributed by atoms with Gasteiger partial charge in [0.25, 0.3) is 11.8 Å². The largest absolute Gasteiger partial charge is 0.475 e. The lowest BCUT2D eigenvalue weighted by atomic mass is 9.75. The van der Waals surface area contributed by atoms with Crippen LogP contribution in [0.4, 0.5) is 0 Å². The second-order valence-corrected chi connectivity index (χ2v) is 9.18.